The lowest BCUT2D eigenvalue weighted by Gasteiger charge is -2.28. The third kappa shape index (κ3) is 8.12. The van der Waals surface area contributed by atoms with E-state index in [0.717, 1.165) is 12.1 Å². The first-order valence-corrected chi connectivity index (χ1v) is 10.9. The minimum atomic E-state index is -0.115. The van der Waals surface area contributed by atoms with E-state index in [4.69, 9.17) is 4.42 Å². The van der Waals surface area contributed by atoms with Crippen LogP contribution in [0, 0.1) is 11.3 Å². The molecule has 0 aromatic carbocycles. The predicted octanol–water partition coefficient (Wildman–Crippen LogP) is 4.62. The summed E-state index contributed by atoms with van der Waals surface area (Å²) in [6.45, 7) is 13.6. The molecule has 0 radical (unpaired) electrons. The first kappa shape index (κ1) is 24.5. The second kappa shape index (κ2) is 11.0. The molecule has 0 aliphatic carbocycles. The zero-order valence-electron chi connectivity index (χ0n) is 19.6. The van der Waals surface area contributed by atoms with Gasteiger partial charge in [0.2, 0.25) is 11.8 Å². The first-order valence-electron chi connectivity index (χ1n) is 10.9. The number of aryl methyl sites for hydroxylation is 1. The predicted molar refractivity (Wildman–Crippen MR) is 123 cm³/mol. The van der Waals surface area contributed by atoms with Gasteiger partial charge in [-0.2, -0.15) is 0 Å². The second-order valence-electron chi connectivity index (χ2n) is 9.58. The van der Waals surface area contributed by atoms with Crippen LogP contribution in [0.3, 0.4) is 0 Å². The average molecular weight is 428 g/mol. The highest BCUT2D eigenvalue weighted by atomic mass is 16.3. The Labute approximate surface area is 186 Å². The third-order valence-electron chi connectivity index (χ3n) is 5.20. The van der Waals surface area contributed by atoms with E-state index in [1.165, 1.54) is 0 Å². The Hall–Kier alpha value is -2.76. The molecule has 2 aromatic rings. The molecular weight excluding hydrogens is 390 g/mol. The van der Waals surface area contributed by atoms with Gasteiger partial charge in [-0.3, -0.25) is 9.59 Å². The van der Waals surface area contributed by atoms with Crippen molar-refractivity contribution in [2.24, 2.45) is 18.4 Å². The van der Waals surface area contributed by atoms with Gasteiger partial charge in [-0.05, 0) is 42.0 Å². The summed E-state index contributed by atoms with van der Waals surface area (Å²) >= 11 is 0. The van der Waals surface area contributed by atoms with Crippen molar-refractivity contribution in [1.82, 2.24) is 14.4 Å². The molecule has 1 atom stereocenters. The molecule has 0 fully saturated rings. The molecule has 0 saturated carbocycles. The summed E-state index contributed by atoms with van der Waals surface area (Å²) in [5, 5.41) is 0. The van der Waals surface area contributed by atoms with Gasteiger partial charge in [0.1, 0.15) is 12.3 Å². The van der Waals surface area contributed by atoms with Crippen molar-refractivity contribution < 1.29 is 14.0 Å². The van der Waals surface area contributed by atoms with E-state index < -0.39 is 0 Å². The number of amides is 2. The van der Waals surface area contributed by atoms with Crippen LogP contribution in [0.2, 0.25) is 0 Å². The van der Waals surface area contributed by atoms with Gasteiger partial charge in [0, 0.05) is 31.9 Å². The zero-order chi connectivity index (χ0) is 23.0. The number of carbonyl (C=O) groups is 2. The Balaban J connectivity index is 2.10. The van der Waals surface area contributed by atoms with Crippen molar-refractivity contribution in [1.29, 1.82) is 0 Å². The molecule has 0 saturated heterocycles. The summed E-state index contributed by atoms with van der Waals surface area (Å²) in [4.78, 5) is 29.6. The second-order valence-corrected chi connectivity index (χ2v) is 9.58. The van der Waals surface area contributed by atoms with Gasteiger partial charge < -0.3 is 18.8 Å². The SMILES string of the molecule is C=CCN(CC(=O)N(Cc1ccco1)Cc1cccn1C)C(=O)C[C@H](C)CC(C)(C)C. The van der Waals surface area contributed by atoms with Crippen molar-refractivity contribution in [3.8, 4) is 0 Å². The Morgan fingerprint density at radius 3 is 2.45 bits per heavy atom. The van der Waals surface area contributed by atoms with Gasteiger partial charge in [0.25, 0.3) is 0 Å². The number of nitrogens with zero attached hydrogens (tertiary/aromatic N) is 3. The number of rotatable bonds is 11. The molecule has 0 spiro atoms. The molecular formula is C25H37N3O3. The number of hydrogen-bond acceptors (Lipinski definition) is 3. The summed E-state index contributed by atoms with van der Waals surface area (Å²) in [5.74, 6) is 0.832. The quantitative estimate of drug-likeness (QED) is 0.492. The van der Waals surface area contributed by atoms with E-state index in [9.17, 15) is 9.59 Å². The molecule has 0 bridgehead atoms. The van der Waals surface area contributed by atoms with Gasteiger partial charge in [-0.15, -0.1) is 6.58 Å². The van der Waals surface area contributed by atoms with Crippen LogP contribution in [-0.4, -0.2) is 39.3 Å². The Morgan fingerprint density at radius 2 is 1.90 bits per heavy atom. The smallest absolute Gasteiger partial charge is 0.242 e. The Morgan fingerprint density at radius 1 is 1.16 bits per heavy atom. The van der Waals surface area contributed by atoms with E-state index >= 15 is 0 Å². The summed E-state index contributed by atoms with van der Waals surface area (Å²) in [7, 11) is 1.95. The fraction of sp³-hybridized carbons (Fsp3) is 0.520. The van der Waals surface area contributed by atoms with Crippen LogP contribution in [0.5, 0.6) is 0 Å². The Bertz CT molecular complexity index is 846. The van der Waals surface area contributed by atoms with E-state index in [0.29, 0.717) is 31.8 Å². The summed E-state index contributed by atoms with van der Waals surface area (Å²) < 4.78 is 7.45. The molecule has 2 rings (SSSR count). The minimum Gasteiger partial charge on any atom is -0.467 e. The van der Waals surface area contributed by atoms with Gasteiger partial charge in [0.15, 0.2) is 0 Å². The van der Waals surface area contributed by atoms with Gasteiger partial charge in [-0.25, -0.2) is 0 Å². The minimum absolute atomic E-state index is 0.0122. The topological polar surface area (TPSA) is 58.7 Å². The standard InChI is InChI=1S/C25H37N3O3/c1-7-12-27(23(29)15-20(2)16-25(3,4)5)19-24(30)28(18-22-11-9-14-31-22)17-21-10-8-13-26(21)6/h7-11,13-14,20H,1,12,15-19H2,2-6H3/t20-/m0/s1. The molecule has 2 heterocycles. The van der Waals surface area contributed by atoms with E-state index in [-0.39, 0.29) is 29.7 Å². The largest absolute Gasteiger partial charge is 0.467 e. The fourth-order valence-electron chi connectivity index (χ4n) is 3.90. The monoisotopic (exact) mass is 427 g/mol. The molecule has 2 aromatic heterocycles. The maximum atomic E-state index is 13.3. The molecule has 2 amide bonds. The van der Waals surface area contributed by atoms with Crippen LogP contribution in [0.15, 0.2) is 53.8 Å². The maximum Gasteiger partial charge on any atom is 0.242 e. The van der Waals surface area contributed by atoms with Crippen LogP contribution in [0.4, 0.5) is 0 Å². The van der Waals surface area contributed by atoms with Crippen molar-refractivity contribution in [3.63, 3.8) is 0 Å². The van der Waals surface area contributed by atoms with Crippen molar-refractivity contribution in [2.75, 3.05) is 13.1 Å². The van der Waals surface area contributed by atoms with Crippen LogP contribution in [0.25, 0.3) is 0 Å². The van der Waals surface area contributed by atoms with Crippen molar-refractivity contribution in [2.45, 2.75) is 53.6 Å². The highest BCUT2D eigenvalue weighted by Crippen LogP contribution is 2.26. The summed E-state index contributed by atoms with van der Waals surface area (Å²) in [6, 6.07) is 7.61. The molecule has 31 heavy (non-hydrogen) atoms. The van der Waals surface area contributed by atoms with Gasteiger partial charge >= 0.3 is 0 Å². The van der Waals surface area contributed by atoms with Crippen molar-refractivity contribution in [3.05, 3.63) is 60.8 Å². The highest BCUT2D eigenvalue weighted by molar-refractivity contribution is 5.85. The van der Waals surface area contributed by atoms with Gasteiger partial charge in [0.05, 0.1) is 19.4 Å². The van der Waals surface area contributed by atoms with Crippen LogP contribution in [0.1, 0.15) is 52.0 Å². The Kier molecular flexibility index (Phi) is 8.72. The maximum absolute atomic E-state index is 13.3. The molecule has 0 unspecified atom stereocenters. The first-order chi connectivity index (χ1) is 14.6. The number of hydrogen-bond donors (Lipinski definition) is 0. The summed E-state index contributed by atoms with van der Waals surface area (Å²) in [6.07, 6.45) is 6.61. The lowest BCUT2D eigenvalue weighted by atomic mass is 9.84. The average Bonchev–Trinajstić information content (AvgIpc) is 3.31. The molecule has 0 aliphatic heterocycles. The van der Waals surface area contributed by atoms with Crippen LogP contribution >= 0.6 is 0 Å². The lowest BCUT2D eigenvalue weighted by Crippen LogP contribution is -2.43. The lowest BCUT2D eigenvalue weighted by molar-refractivity contribution is -0.141. The molecule has 6 heteroatoms. The highest BCUT2D eigenvalue weighted by Gasteiger charge is 2.24. The van der Waals surface area contributed by atoms with Crippen LogP contribution < -0.4 is 0 Å². The molecule has 0 N–H and O–H groups in total. The molecule has 0 aliphatic rings. The van der Waals surface area contributed by atoms with E-state index in [2.05, 4.69) is 34.3 Å². The molecule has 170 valence electrons. The molecule has 6 nitrogen and oxygen atoms in total. The van der Waals surface area contributed by atoms with E-state index in [1.54, 1.807) is 22.1 Å². The fourth-order valence-corrected chi connectivity index (χ4v) is 3.90. The van der Waals surface area contributed by atoms with Crippen molar-refractivity contribution >= 4 is 11.8 Å². The number of aromatic nitrogens is 1. The number of furan rings is 1. The number of carbonyl (C=O) groups excluding carboxylic acids is 2. The zero-order valence-corrected chi connectivity index (χ0v) is 19.6. The van der Waals surface area contributed by atoms with E-state index in [1.807, 2.05) is 42.1 Å². The normalized spacial score (nSPS) is 12.4. The third-order valence-corrected chi connectivity index (χ3v) is 5.20. The van der Waals surface area contributed by atoms with Crippen LogP contribution in [-0.2, 0) is 29.7 Å². The summed E-state index contributed by atoms with van der Waals surface area (Å²) in [5.41, 5.74) is 1.17. The van der Waals surface area contributed by atoms with Gasteiger partial charge in [-0.1, -0.05) is 33.8 Å².